The molecule has 2 aliphatic rings. The minimum Gasteiger partial charge on any atom is -0.0625 e. The van der Waals surface area contributed by atoms with E-state index in [-0.39, 0.29) is 0 Å². The van der Waals surface area contributed by atoms with Crippen molar-refractivity contribution in [1.82, 2.24) is 0 Å². The molecule has 0 aromatic rings. The van der Waals surface area contributed by atoms with E-state index in [1.165, 1.54) is 25.9 Å². The van der Waals surface area contributed by atoms with Gasteiger partial charge in [-0.3, -0.25) is 0 Å². The number of rotatable bonds is 3. The second kappa shape index (κ2) is 3.63. The van der Waals surface area contributed by atoms with Crippen LogP contribution in [0.25, 0.3) is 0 Å². The fourth-order valence-corrected chi connectivity index (χ4v) is 2.56. The summed E-state index contributed by atoms with van der Waals surface area (Å²) in [7, 11) is 2.26. The zero-order chi connectivity index (χ0) is 10.3. The van der Waals surface area contributed by atoms with Gasteiger partial charge in [-0.05, 0) is 21.2 Å². The lowest BCUT2D eigenvalue weighted by Crippen LogP contribution is -2.23. The third kappa shape index (κ3) is 1.84. The van der Waals surface area contributed by atoms with E-state index in [4.69, 9.17) is 0 Å². The molecule has 1 fully saturated rings. The van der Waals surface area contributed by atoms with Gasteiger partial charge in [-0.2, -0.15) is 0 Å². The van der Waals surface area contributed by atoms with E-state index in [9.17, 15) is 0 Å². The molecule has 1 heterocycles. The van der Waals surface area contributed by atoms with E-state index in [1.54, 1.807) is 0 Å². The highest BCUT2D eigenvalue weighted by molar-refractivity contribution is 4.74. The van der Waals surface area contributed by atoms with Crippen molar-refractivity contribution in [3.8, 4) is 0 Å². The van der Waals surface area contributed by atoms with Crippen LogP contribution >= 0.6 is 0 Å². The Balaban J connectivity index is 1.96. The second-order valence-corrected chi connectivity index (χ2v) is 5.56. The minimum absolute atomic E-state index is 0.826. The summed E-state index contributed by atoms with van der Waals surface area (Å²) in [6.45, 7) is 9.70. The highest BCUT2D eigenvalue weighted by Gasteiger charge is 2.47. The molecule has 2 atom stereocenters. The molecule has 1 saturated carbocycles. The summed E-state index contributed by atoms with van der Waals surface area (Å²) < 4.78 is 5.06. The molecule has 80 valence electrons. The van der Waals surface area contributed by atoms with Crippen LogP contribution in [0.1, 0.15) is 33.6 Å². The first-order valence-corrected chi connectivity index (χ1v) is 6.07. The zero-order valence-corrected chi connectivity index (χ0v) is 10.0. The molecular weight excluding hydrogens is 172 g/mol. The van der Waals surface area contributed by atoms with Gasteiger partial charge in [-0.15, -0.1) is 0 Å². The largest absolute Gasteiger partial charge is 0.213 e. The Bertz CT molecular complexity index is 251. The Morgan fingerprint density at radius 1 is 1.07 bits per heavy atom. The quantitative estimate of drug-likeness (QED) is 0.610. The molecular formula is C12H24N2+2. The molecule has 0 amide bonds. The molecule has 0 aromatic heterocycles. The van der Waals surface area contributed by atoms with Crippen LogP contribution in [0.15, 0.2) is 0 Å². The van der Waals surface area contributed by atoms with Gasteiger partial charge >= 0.3 is 0 Å². The Morgan fingerprint density at radius 2 is 1.71 bits per heavy atom. The van der Waals surface area contributed by atoms with E-state index in [2.05, 4.69) is 37.2 Å². The molecule has 14 heavy (non-hydrogen) atoms. The third-order valence-electron chi connectivity index (χ3n) is 4.12. The number of nitrogens with zero attached hydrogens (tertiary/aromatic N) is 2. The van der Waals surface area contributed by atoms with Crippen molar-refractivity contribution in [1.29, 1.82) is 0 Å². The van der Waals surface area contributed by atoms with E-state index < -0.39 is 0 Å². The maximum absolute atomic E-state index is 2.60. The fourth-order valence-electron chi connectivity index (χ4n) is 2.56. The van der Waals surface area contributed by atoms with Gasteiger partial charge in [-0.1, -0.05) is 20.8 Å². The van der Waals surface area contributed by atoms with Crippen molar-refractivity contribution in [2.45, 2.75) is 39.7 Å². The van der Waals surface area contributed by atoms with Crippen LogP contribution in [0, 0.1) is 17.8 Å². The number of hydrogen-bond acceptors (Lipinski definition) is 0. The first-order chi connectivity index (χ1) is 6.59. The monoisotopic (exact) mass is 196 g/mol. The first-order valence-electron chi connectivity index (χ1n) is 6.07. The summed E-state index contributed by atoms with van der Waals surface area (Å²) in [4.78, 5) is 0. The van der Waals surface area contributed by atoms with Gasteiger partial charge in [0, 0.05) is 12.8 Å². The van der Waals surface area contributed by atoms with Gasteiger partial charge in [0.05, 0.1) is 5.92 Å². The standard InChI is InChI=1S/C12H24N2/c1-9(2)10(3)11-7-13(4)14(8-11)12-5-6-12/h9-12H,5-8H2,1-4H3/q+2/t10-,11?/m1/s1. The Morgan fingerprint density at radius 3 is 2.21 bits per heavy atom. The van der Waals surface area contributed by atoms with Gasteiger partial charge in [0.15, 0.2) is 7.05 Å². The smallest absolute Gasteiger partial charge is 0.0625 e. The van der Waals surface area contributed by atoms with E-state index >= 15 is 0 Å². The molecule has 0 saturated heterocycles. The van der Waals surface area contributed by atoms with Crippen LogP contribution in [-0.4, -0.2) is 35.6 Å². The molecule has 2 nitrogen and oxygen atoms in total. The fraction of sp³-hybridized carbons (Fsp3) is 1.00. The molecule has 2 heteroatoms. The van der Waals surface area contributed by atoms with Crippen molar-refractivity contribution >= 4 is 0 Å². The summed E-state index contributed by atoms with van der Waals surface area (Å²) in [5.41, 5.74) is 0. The molecule has 1 aliphatic carbocycles. The molecule has 0 bridgehead atoms. The van der Waals surface area contributed by atoms with Gasteiger partial charge in [0.25, 0.3) is 0 Å². The summed E-state index contributed by atoms with van der Waals surface area (Å²) in [6.07, 6.45) is 2.85. The van der Waals surface area contributed by atoms with Crippen molar-refractivity contribution < 1.29 is 9.39 Å². The van der Waals surface area contributed by atoms with E-state index in [1.807, 2.05) is 0 Å². The van der Waals surface area contributed by atoms with Gasteiger partial charge in [-0.25, -0.2) is 0 Å². The lowest BCUT2D eigenvalue weighted by Gasteiger charge is -2.16. The molecule has 1 unspecified atom stereocenters. The Kier molecular flexibility index (Phi) is 2.63. The van der Waals surface area contributed by atoms with Crippen LogP contribution in [0.5, 0.6) is 0 Å². The predicted molar refractivity (Wildman–Crippen MR) is 56.7 cm³/mol. The van der Waals surface area contributed by atoms with Crippen molar-refractivity contribution in [3.05, 3.63) is 0 Å². The van der Waals surface area contributed by atoms with Crippen LogP contribution in [-0.2, 0) is 0 Å². The topological polar surface area (TPSA) is 6.02 Å². The molecule has 0 spiro atoms. The summed E-state index contributed by atoms with van der Waals surface area (Å²) in [6, 6.07) is 0.893. The average Bonchev–Trinajstić information content (AvgIpc) is 2.89. The van der Waals surface area contributed by atoms with Crippen molar-refractivity contribution in [2.75, 3.05) is 20.1 Å². The Hall–Kier alpha value is -0.400. The highest BCUT2D eigenvalue weighted by atomic mass is 15.4. The first kappa shape index (κ1) is 10.1. The second-order valence-electron chi connectivity index (χ2n) is 5.56. The van der Waals surface area contributed by atoms with Crippen LogP contribution in [0.4, 0.5) is 0 Å². The highest BCUT2D eigenvalue weighted by Crippen LogP contribution is 2.30. The maximum Gasteiger partial charge on any atom is 0.213 e. The number of hydrogen-bond donors (Lipinski definition) is 0. The lowest BCUT2D eigenvalue weighted by molar-refractivity contribution is -0.998. The molecule has 0 aromatic carbocycles. The molecule has 0 N–H and O–H groups in total. The maximum atomic E-state index is 2.60. The minimum atomic E-state index is 0.826. The molecule has 1 aliphatic heterocycles. The van der Waals surface area contributed by atoms with Crippen molar-refractivity contribution in [2.24, 2.45) is 17.8 Å². The van der Waals surface area contributed by atoms with Gasteiger partial charge in [0.2, 0.25) is 19.1 Å². The lowest BCUT2D eigenvalue weighted by atomic mass is 9.85. The predicted octanol–water partition coefficient (Wildman–Crippen LogP) is 2.18. The zero-order valence-electron chi connectivity index (χ0n) is 10.0. The molecule has 2 rings (SSSR count). The van der Waals surface area contributed by atoms with Gasteiger partial charge < -0.3 is 0 Å². The summed E-state index contributed by atoms with van der Waals surface area (Å²) in [5, 5.41) is 0. The van der Waals surface area contributed by atoms with Gasteiger partial charge in [0.1, 0.15) is 0 Å². The third-order valence-corrected chi connectivity index (χ3v) is 4.12. The number of azo groups is 4. The van der Waals surface area contributed by atoms with E-state index in [0.29, 0.717) is 0 Å². The SMILES string of the molecule is CC(C)[C@@H](C)C1C[N+](C)=[N+](C2CC2)C1. The van der Waals surface area contributed by atoms with Crippen LogP contribution < -0.4 is 0 Å². The van der Waals surface area contributed by atoms with Crippen molar-refractivity contribution in [3.63, 3.8) is 0 Å². The summed E-state index contributed by atoms with van der Waals surface area (Å²) >= 11 is 0. The van der Waals surface area contributed by atoms with E-state index in [0.717, 1.165) is 23.8 Å². The van der Waals surface area contributed by atoms with Crippen LogP contribution in [0.3, 0.4) is 0 Å². The summed E-state index contributed by atoms with van der Waals surface area (Å²) in [5.74, 6) is 2.58. The molecule has 0 radical (unpaired) electrons. The Labute approximate surface area is 87.6 Å². The average molecular weight is 196 g/mol. The normalized spacial score (nSPS) is 30.2. The van der Waals surface area contributed by atoms with Crippen LogP contribution in [0.2, 0.25) is 0 Å².